The summed E-state index contributed by atoms with van der Waals surface area (Å²) in [5, 5.41) is 2.92. The SMILES string of the molecule is NCCCCCCC(=O)Nc1ccc(OCC2CC2)cc1. The van der Waals surface area contributed by atoms with E-state index < -0.39 is 0 Å². The van der Waals surface area contributed by atoms with Crippen molar-refractivity contribution in [2.45, 2.75) is 44.9 Å². The van der Waals surface area contributed by atoms with E-state index >= 15 is 0 Å². The molecule has 0 aromatic heterocycles. The predicted octanol–water partition coefficient (Wildman–Crippen LogP) is 3.32. The number of nitrogens with two attached hydrogens (primary N) is 1. The summed E-state index contributed by atoms with van der Waals surface area (Å²) in [5.41, 5.74) is 6.27. The lowest BCUT2D eigenvalue weighted by atomic mass is 10.1. The molecule has 21 heavy (non-hydrogen) atoms. The molecule has 1 aliphatic rings. The second kappa shape index (κ2) is 8.67. The normalized spacial score (nSPS) is 14.0. The summed E-state index contributed by atoms with van der Waals surface area (Å²) in [5.74, 6) is 1.71. The van der Waals surface area contributed by atoms with Gasteiger partial charge in [0.1, 0.15) is 5.75 Å². The third-order valence-corrected chi connectivity index (χ3v) is 3.68. The Morgan fingerprint density at radius 2 is 1.86 bits per heavy atom. The number of ether oxygens (including phenoxy) is 1. The Hall–Kier alpha value is -1.55. The second-order valence-electron chi connectivity index (χ2n) is 5.78. The molecule has 1 aromatic carbocycles. The lowest BCUT2D eigenvalue weighted by molar-refractivity contribution is -0.116. The predicted molar refractivity (Wildman–Crippen MR) is 85.4 cm³/mol. The van der Waals surface area contributed by atoms with Crippen molar-refractivity contribution in [1.82, 2.24) is 0 Å². The van der Waals surface area contributed by atoms with E-state index in [1.807, 2.05) is 24.3 Å². The van der Waals surface area contributed by atoms with Gasteiger partial charge in [0.2, 0.25) is 5.91 Å². The highest BCUT2D eigenvalue weighted by molar-refractivity contribution is 5.90. The summed E-state index contributed by atoms with van der Waals surface area (Å²) >= 11 is 0. The van der Waals surface area contributed by atoms with E-state index in [9.17, 15) is 4.79 Å². The highest BCUT2D eigenvalue weighted by Crippen LogP contribution is 2.29. The van der Waals surface area contributed by atoms with Gasteiger partial charge in [0.25, 0.3) is 0 Å². The topological polar surface area (TPSA) is 64.4 Å². The zero-order chi connectivity index (χ0) is 14.9. The van der Waals surface area contributed by atoms with Crippen LogP contribution in [0, 0.1) is 5.92 Å². The van der Waals surface area contributed by atoms with Crippen molar-refractivity contribution in [3.63, 3.8) is 0 Å². The molecule has 0 radical (unpaired) electrons. The monoisotopic (exact) mass is 290 g/mol. The average molecular weight is 290 g/mol. The number of hydrogen-bond donors (Lipinski definition) is 2. The van der Waals surface area contributed by atoms with Gasteiger partial charge >= 0.3 is 0 Å². The molecule has 3 N–H and O–H groups in total. The van der Waals surface area contributed by atoms with Gasteiger partial charge in [-0.25, -0.2) is 0 Å². The fourth-order valence-electron chi connectivity index (χ4n) is 2.14. The third-order valence-electron chi connectivity index (χ3n) is 3.68. The number of nitrogens with one attached hydrogen (secondary N) is 1. The van der Waals surface area contributed by atoms with E-state index in [2.05, 4.69) is 5.32 Å². The molecule has 0 atom stereocenters. The first-order chi connectivity index (χ1) is 10.3. The summed E-state index contributed by atoms with van der Waals surface area (Å²) in [6.45, 7) is 1.55. The van der Waals surface area contributed by atoms with Crippen molar-refractivity contribution < 1.29 is 9.53 Å². The Morgan fingerprint density at radius 1 is 1.14 bits per heavy atom. The minimum Gasteiger partial charge on any atom is -0.493 e. The molecular weight excluding hydrogens is 264 g/mol. The van der Waals surface area contributed by atoms with Crippen LogP contribution in [0.5, 0.6) is 5.75 Å². The Labute approximate surface area is 127 Å². The average Bonchev–Trinajstić information content (AvgIpc) is 3.31. The van der Waals surface area contributed by atoms with E-state index in [0.717, 1.165) is 56.2 Å². The summed E-state index contributed by atoms with van der Waals surface area (Å²) < 4.78 is 5.67. The van der Waals surface area contributed by atoms with Crippen LogP contribution < -0.4 is 15.8 Å². The summed E-state index contributed by atoms with van der Waals surface area (Å²) in [4.78, 5) is 11.8. The minimum atomic E-state index is 0.0781. The molecule has 4 nitrogen and oxygen atoms in total. The maximum Gasteiger partial charge on any atom is 0.224 e. The highest BCUT2D eigenvalue weighted by Gasteiger charge is 2.21. The number of amides is 1. The highest BCUT2D eigenvalue weighted by atomic mass is 16.5. The molecular formula is C17H26N2O2. The van der Waals surface area contributed by atoms with Crippen LogP contribution in [-0.4, -0.2) is 19.1 Å². The Balaban J connectivity index is 1.63. The van der Waals surface area contributed by atoms with E-state index in [4.69, 9.17) is 10.5 Å². The lowest BCUT2D eigenvalue weighted by Gasteiger charge is -2.08. The zero-order valence-corrected chi connectivity index (χ0v) is 12.6. The molecule has 0 aliphatic heterocycles. The molecule has 2 rings (SSSR count). The Bertz CT molecular complexity index is 427. The second-order valence-corrected chi connectivity index (χ2v) is 5.78. The first kappa shape index (κ1) is 15.8. The fourth-order valence-corrected chi connectivity index (χ4v) is 2.14. The van der Waals surface area contributed by atoms with Crippen LogP contribution in [0.3, 0.4) is 0 Å². The molecule has 0 saturated heterocycles. The van der Waals surface area contributed by atoms with Gasteiger partial charge in [-0.15, -0.1) is 0 Å². The van der Waals surface area contributed by atoms with Crippen LogP contribution in [0.1, 0.15) is 44.9 Å². The van der Waals surface area contributed by atoms with Crippen molar-refractivity contribution in [2.24, 2.45) is 11.7 Å². The lowest BCUT2D eigenvalue weighted by Crippen LogP contribution is -2.11. The van der Waals surface area contributed by atoms with Crippen molar-refractivity contribution in [1.29, 1.82) is 0 Å². The molecule has 1 aromatic rings. The van der Waals surface area contributed by atoms with Gasteiger partial charge in [0.15, 0.2) is 0 Å². The number of carbonyl (C=O) groups excluding carboxylic acids is 1. The zero-order valence-electron chi connectivity index (χ0n) is 12.6. The standard InChI is InChI=1S/C17H26N2O2/c18-12-4-2-1-3-5-17(20)19-15-8-10-16(11-9-15)21-13-14-6-7-14/h8-11,14H,1-7,12-13,18H2,(H,19,20). The molecule has 0 heterocycles. The smallest absolute Gasteiger partial charge is 0.224 e. The first-order valence-corrected chi connectivity index (χ1v) is 8.00. The number of benzene rings is 1. The Kier molecular flexibility index (Phi) is 6.54. The summed E-state index contributed by atoms with van der Waals surface area (Å²) in [6, 6.07) is 7.63. The number of rotatable bonds is 10. The van der Waals surface area contributed by atoms with Gasteiger partial charge < -0.3 is 15.8 Å². The summed E-state index contributed by atoms with van der Waals surface area (Å²) in [6.07, 6.45) is 7.30. The Morgan fingerprint density at radius 3 is 2.52 bits per heavy atom. The van der Waals surface area contributed by atoms with Gasteiger partial charge in [0, 0.05) is 12.1 Å². The molecule has 1 aliphatic carbocycles. The van der Waals surface area contributed by atoms with Crippen molar-refractivity contribution >= 4 is 11.6 Å². The maximum atomic E-state index is 11.8. The van der Waals surface area contributed by atoms with Gasteiger partial charge in [-0.1, -0.05) is 12.8 Å². The fraction of sp³-hybridized carbons (Fsp3) is 0.588. The largest absolute Gasteiger partial charge is 0.493 e. The van der Waals surface area contributed by atoms with Crippen molar-refractivity contribution in [3.8, 4) is 5.75 Å². The van der Waals surface area contributed by atoms with Gasteiger partial charge in [-0.05, 0) is 62.4 Å². The first-order valence-electron chi connectivity index (χ1n) is 8.00. The van der Waals surface area contributed by atoms with Crippen LogP contribution in [-0.2, 0) is 4.79 Å². The molecule has 4 heteroatoms. The van der Waals surface area contributed by atoms with Gasteiger partial charge in [-0.2, -0.15) is 0 Å². The van der Waals surface area contributed by atoms with E-state index in [0.29, 0.717) is 6.42 Å². The summed E-state index contributed by atoms with van der Waals surface area (Å²) in [7, 11) is 0. The number of anilines is 1. The minimum absolute atomic E-state index is 0.0781. The van der Waals surface area contributed by atoms with Crippen molar-refractivity contribution in [2.75, 3.05) is 18.5 Å². The maximum absolute atomic E-state index is 11.8. The van der Waals surface area contributed by atoms with E-state index in [1.54, 1.807) is 0 Å². The molecule has 0 unspecified atom stereocenters. The quantitative estimate of drug-likeness (QED) is 0.650. The van der Waals surface area contributed by atoms with Crippen LogP contribution >= 0.6 is 0 Å². The molecule has 0 spiro atoms. The van der Waals surface area contributed by atoms with Gasteiger partial charge in [0.05, 0.1) is 6.61 Å². The third kappa shape index (κ3) is 6.63. The molecule has 116 valence electrons. The molecule has 1 fully saturated rings. The molecule has 1 saturated carbocycles. The number of hydrogen-bond acceptors (Lipinski definition) is 3. The molecule has 0 bridgehead atoms. The number of unbranched alkanes of at least 4 members (excludes halogenated alkanes) is 3. The number of carbonyl (C=O) groups is 1. The molecule has 1 amide bonds. The van der Waals surface area contributed by atoms with Crippen LogP contribution in [0.4, 0.5) is 5.69 Å². The van der Waals surface area contributed by atoms with E-state index in [-0.39, 0.29) is 5.91 Å². The van der Waals surface area contributed by atoms with E-state index in [1.165, 1.54) is 12.8 Å². The van der Waals surface area contributed by atoms with Crippen LogP contribution in [0.25, 0.3) is 0 Å². The van der Waals surface area contributed by atoms with Crippen LogP contribution in [0.2, 0.25) is 0 Å². The van der Waals surface area contributed by atoms with Crippen LogP contribution in [0.15, 0.2) is 24.3 Å². The van der Waals surface area contributed by atoms with Crippen molar-refractivity contribution in [3.05, 3.63) is 24.3 Å². The van der Waals surface area contributed by atoms with Gasteiger partial charge in [-0.3, -0.25) is 4.79 Å².